The highest BCUT2D eigenvalue weighted by atomic mass is 16.3. The van der Waals surface area contributed by atoms with Gasteiger partial charge in [0.2, 0.25) is 0 Å². The quantitative estimate of drug-likeness (QED) is 0.195. The SMILES string of the molecule is c1ccc2c(-c3cccc4c3oc3c(-c5ccc6[nH]c7ccc(-c8cccc9c8oc8c(-c%10cccc%11ccccc%10%11)cccc89)cc7c6c5)cccc34)cccc2c1. The topological polar surface area (TPSA) is 42.1 Å². The van der Waals surface area contributed by atoms with Gasteiger partial charge in [0.1, 0.15) is 22.3 Å². The van der Waals surface area contributed by atoms with Crippen LogP contribution >= 0.6 is 0 Å². The first kappa shape index (κ1) is 32.2. The van der Waals surface area contributed by atoms with Crippen LogP contribution in [-0.2, 0) is 0 Å². The lowest BCUT2D eigenvalue weighted by Crippen LogP contribution is -1.82. The Labute approximate surface area is 338 Å². The number of para-hydroxylation sites is 4. The summed E-state index contributed by atoms with van der Waals surface area (Å²) in [5, 5.41) is 11.7. The molecule has 10 aromatic carbocycles. The molecule has 3 nitrogen and oxygen atoms in total. The van der Waals surface area contributed by atoms with E-state index >= 15 is 0 Å². The van der Waals surface area contributed by atoms with Gasteiger partial charge in [0.25, 0.3) is 0 Å². The first-order valence-electron chi connectivity index (χ1n) is 20.2. The second-order valence-electron chi connectivity index (χ2n) is 15.6. The minimum Gasteiger partial charge on any atom is -0.455 e. The summed E-state index contributed by atoms with van der Waals surface area (Å²) in [6.45, 7) is 0. The van der Waals surface area contributed by atoms with Crippen LogP contribution in [0.1, 0.15) is 0 Å². The second kappa shape index (κ2) is 12.3. The predicted octanol–water partition coefficient (Wildman–Crippen LogP) is 16.1. The van der Waals surface area contributed by atoms with Crippen LogP contribution in [0.3, 0.4) is 0 Å². The zero-order chi connectivity index (χ0) is 38.6. The van der Waals surface area contributed by atoms with E-state index in [1.54, 1.807) is 0 Å². The number of aromatic amines is 1. The van der Waals surface area contributed by atoms with Gasteiger partial charge in [0.15, 0.2) is 0 Å². The molecule has 0 spiro atoms. The van der Waals surface area contributed by atoms with Crippen molar-refractivity contribution in [2.24, 2.45) is 0 Å². The standard InChI is InChI=1S/C56H33NO2/c1-3-15-37-33(11-1)13-5-19-41(37)43-21-9-25-47-45-23-7-17-39(53(45)58-55(43)47)35-27-29-51-49(31-35)50-32-36(28-30-52(50)57-51)40-18-8-24-46-48-26-10-22-44(56(48)59-54(40)46)42-20-6-14-34-12-2-4-16-38(34)42/h1-32,57H. The van der Waals surface area contributed by atoms with Gasteiger partial charge in [-0.1, -0.05) is 170 Å². The third-order valence-corrected chi connectivity index (χ3v) is 12.4. The van der Waals surface area contributed by atoms with Crippen molar-refractivity contribution in [1.82, 2.24) is 4.98 Å². The lowest BCUT2D eigenvalue weighted by molar-refractivity contribution is 0.671. The zero-order valence-electron chi connectivity index (χ0n) is 31.8. The molecule has 0 amide bonds. The molecule has 1 N–H and O–H groups in total. The third-order valence-electron chi connectivity index (χ3n) is 12.4. The number of hydrogen-bond acceptors (Lipinski definition) is 2. The first-order chi connectivity index (χ1) is 29.2. The second-order valence-corrected chi connectivity index (χ2v) is 15.6. The molecule has 0 aliphatic carbocycles. The number of nitrogens with one attached hydrogen (secondary N) is 1. The van der Waals surface area contributed by atoms with Gasteiger partial charge in [-0.25, -0.2) is 0 Å². The Morgan fingerprint density at radius 2 is 0.593 bits per heavy atom. The summed E-state index contributed by atoms with van der Waals surface area (Å²) in [5.41, 5.74) is 14.7. The molecule has 3 heterocycles. The summed E-state index contributed by atoms with van der Waals surface area (Å²) < 4.78 is 13.9. The molecule has 0 aliphatic heterocycles. The van der Waals surface area contributed by atoms with Crippen molar-refractivity contribution >= 4 is 87.2 Å². The Balaban J connectivity index is 0.958. The summed E-state index contributed by atoms with van der Waals surface area (Å²) >= 11 is 0. The van der Waals surface area contributed by atoms with E-state index < -0.39 is 0 Å². The van der Waals surface area contributed by atoms with Crippen molar-refractivity contribution in [2.75, 3.05) is 0 Å². The molecule has 13 aromatic rings. The van der Waals surface area contributed by atoms with Gasteiger partial charge in [-0.2, -0.15) is 0 Å². The number of benzene rings is 10. The highest BCUT2D eigenvalue weighted by Crippen LogP contribution is 2.44. The molecule has 0 aliphatic rings. The van der Waals surface area contributed by atoms with Gasteiger partial charge in [0, 0.05) is 65.6 Å². The largest absolute Gasteiger partial charge is 0.455 e. The lowest BCUT2D eigenvalue weighted by Gasteiger charge is -2.07. The van der Waals surface area contributed by atoms with Crippen molar-refractivity contribution in [3.8, 4) is 44.5 Å². The van der Waals surface area contributed by atoms with Crippen molar-refractivity contribution in [1.29, 1.82) is 0 Å². The van der Waals surface area contributed by atoms with Crippen LogP contribution in [0.2, 0.25) is 0 Å². The summed E-state index contributed by atoms with van der Waals surface area (Å²) in [6, 6.07) is 69.5. The normalized spacial score (nSPS) is 12.1. The van der Waals surface area contributed by atoms with Gasteiger partial charge in [-0.05, 0) is 68.1 Å². The fourth-order valence-electron chi connectivity index (χ4n) is 9.67. The van der Waals surface area contributed by atoms with E-state index in [0.29, 0.717) is 0 Å². The van der Waals surface area contributed by atoms with Crippen LogP contribution < -0.4 is 0 Å². The smallest absolute Gasteiger partial charge is 0.143 e. The first-order valence-corrected chi connectivity index (χ1v) is 20.2. The fraction of sp³-hybridized carbons (Fsp3) is 0. The number of rotatable bonds is 4. The van der Waals surface area contributed by atoms with Gasteiger partial charge in [-0.15, -0.1) is 0 Å². The number of furan rings is 2. The number of aromatic nitrogens is 1. The molecule has 13 rings (SSSR count). The molecule has 0 saturated heterocycles. The third kappa shape index (κ3) is 4.76. The molecule has 274 valence electrons. The Morgan fingerprint density at radius 3 is 1.05 bits per heavy atom. The zero-order valence-corrected chi connectivity index (χ0v) is 31.8. The minimum atomic E-state index is 0.898. The monoisotopic (exact) mass is 751 g/mol. The van der Waals surface area contributed by atoms with Crippen LogP contribution in [-0.4, -0.2) is 4.98 Å². The molecule has 0 fully saturated rings. The molecule has 3 aromatic heterocycles. The highest BCUT2D eigenvalue weighted by molar-refractivity contribution is 6.18. The Kier molecular flexibility index (Phi) is 6.72. The van der Waals surface area contributed by atoms with Crippen LogP contribution in [0.4, 0.5) is 0 Å². The molecule has 0 atom stereocenters. The van der Waals surface area contributed by atoms with E-state index in [4.69, 9.17) is 8.83 Å². The summed E-state index contributed by atoms with van der Waals surface area (Å²) in [6.07, 6.45) is 0. The maximum Gasteiger partial charge on any atom is 0.143 e. The van der Waals surface area contributed by atoms with Gasteiger partial charge in [-0.3, -0.25) is 0 Å². The Bertz CT molecular complexity index is 3600. The summed E-state index contributed by atoms with van der Waals surface area (Å²) in [7, 11) is 0. The average Bonchev–Trinajstić information content (AvgIpc) is 4.00. The van der Waals surface area contributed by atoms with Gasteiger partial charge < -0.3 is 13.8 Å². The predicted molar refractivity (Wildman–Crippen MR) is 247 cm³/mol. The molecule has 0 bridgehead atoms. The highest BCUT2D eigenvalue weighted by Gasteiger charge is 2.20. The number of fused-ring (bicyclic) bond motifs is 11. The van der Waals surface area contributed by atoms with Crippen molar-refractivity contribution < 1.29 is 8.83 Å². The Hall–Kier alpha value is -7.88. The van der Waals surface area contributed by atoms with Crippen molar-refractivity contribution in [3.63, 3.8) is 0 Å². The van der Waals surface area contributed by atoms with Gasteiger partial charge in [0.05, 0.1) is 0 Å². The van der Waals surface area contributed by atoms with Crippen LogP contribution in [0.15, 0.2) is 203 Å². The molecule has 0 radical (unpaired) electrons. The van der Waals surface area contributed by atoms with E-state index in [9.17, 15) is 0 Å². The maximum absolute atomic E-state index is 6.94. The maximum atomic E-state index is 6.94. The average molecular weight is 752 g/mol. The van der Waals surface area contributed by atoms with E-state index in [0.717, 1.165) is 88.3 Å². The Morgan fingerprint density at radius 1 is 0.254 bits per heavy atom. The minimum absolute atomic E-state index is 0.898. The van der Waals surface area contributed by atoms with E-state index in [1.165, 1.54) is 43.4 Å². The number of hydrogen-bond donors (Lipinski definition) is 1. The van der Waals surface area contributed by atoms with E-state index in [1.807, 2.05) is 0 Å². The summed E-state index contributed by atoms with van der Waals surface area (Å²) in [4.78, 5) is 3.69. The number of H-pyrrole nitrogens is 1. The summed E-state index contributed by atoms with van der Waals surface area (Å²) in [5.74, 6) is 0. The fourth-order valence-corrected chi connectivity index (χ4v) is 9.67. The van der Waals surface area contributed by atoms with Crippen LogP contribution in [0, 0.1) is 0 Å². The van der Waals surface area contributed by atoms with Crippen LogP contribution in [0.5, 0.6) is 0 Å². The molecule has 59 heavy (non-hydrogen) atoms. The molecular formula is C56H33NO2. The molecular weight excluding hydrogens is 719 g/mol. The van der Waals surface area contributed by atoms with Crippen LogP contribution in [0.25, 0.3) is 132 Å². The molecule has 0 unspecified atom stereocenters. The van der Waals surface area contributed by atoms with E-state index in [-0.39, 0.29) is 0 Å². The lowest BCUT2D eigenvalue weighted by atomic mass is 9.96. The van der Waals surface area contributed by atoms with E-state index in [2.05, 4.69) is 199 Å². The molecule has 3 heteroatoms. The van der Waals surface area contributed by atoms with Crippen molar-refractivity contribution in [2.45, 2.75) is 0 Å². The molecule has 0 saturated carbocycles. The van der Waals surface area contributed by atoms with Gasteiger partial charge >= 0.3 is 0 Å². The van der Waals surface area contributed by atoms with Crippen molar-refractivity contribution in [3.05, 3.63) is 194 Å².